The van der Waals surface area contributed by atoms with E-state index in [1.54, 1.807) is 37.3 Å². The van der Waals surface area contributed by atoms with Crippen molar-refractivity contribution in [1.82, 2.24) is 9.80 Å². The first-order chi connectivity index (χ1) is 12.6. The Morgan fingerprint density at radius 1 is 1.31 bits per heavy atom. The number of nitriles is 1. The van der Waals surface area contributed by atoms with Crippen LogP contribution in [0.2, 0.25) is 0 Å². The highest BCUT2D eigenvalue weighted by molar-refractivity contribution is 5.97. The molecule has 26 heavy (non-hydrogen) atoms. The topological polar surface area (TPSA) is 104 Å². The number of hydrogen-bond acceptors (Lipinski definition) is 7. The predicted octanol–water partition coefficient (Wildman–Crippen LogP) is 0.626. The number of anilines is 1. The third kappa shape index (κ3) is 4.88. The van der Waals surface area contributed by atoms with E-state index in [1.165, 1.54) is 6.20 Å². The molecule has 0 atom stereocenters. The van der Waals surface area contributed by atoms with E-state index in [0.29, 0.717) is 36.8 Å². The van der Waals surface area contributed by atoms with E-state index in [0.717, 1.165) is 19.6 Å². The van der Waals surface area contributed by atoms with Gasteiger partial charge in [0.25, 0.3) is 5.91 Å². The van der Waals surface area contributed by atoms with Gasteiger partial charge in [0.2, 0.25) is 0 Å². The molecule has 1 aromatic rings. The van der Waals surface area contributed by atoms with Crippen LogP contribution in [0.5, 0.6) is 11.5 Å². The number of nitrogens with one attached hydrogen (secondary N) is 1. The highest BCUT2D eigenvalue weighted by Crippen LogP contribution is 2.29. The standard InChI is InChI=1S/C18H25N5O3/c1-25-15-3-4-16(17(11-15)26-2)21-13-14(12-20)18(24)23-9-7-22(6-5-19)8-10-23/h3-4,11,13,21H,5-10,19H2,1-2H3/b14-13-. The minimum absolute atomic E-state index is 0.0511. The number of hydrogen-bond donors (Lipinski definition) is 2. The summed E-state index contributed by atoms with van der Waals surface area (Å²) >= 11 is 0. The number of methoxy groups -OCH3 is 2. The Morgan fingerprint density at radius 3 is 2.62 bits per heavy atom. The van der Waals surface area contributed by atoms with Gasteiger partial charge in [0, 0.05) is 51.5 Å². The Labute approximate surface area is 153 Å². The smallest absolute Gasteiger partial charge is 0.266 e. The zero-order valence-electron chi connectivity index (χ0n) is 15.2. The van der Waals surface area contributed by atoms with Crippen molar-refractivity contribution >= 4 is 11.6 Å². The average molecular weight is 359 g/mol. The lowest BCUT2D eigenvalue weighted by Gasteiger charge is -2.34. The summed E-state index contributed by atoms with van der Waals surface area (Å²) in [6.07, 6.45) is 1.42. The van der Waals surface area contributed by atoms with Gasteiger partial charge in [-0.1, -0.05) is 0 Å². The molecule has 8 heteroatoms. The average Bonchev–Trinajstić information content (AvgIpc) is 2.69. The fourth-order valence-corrected chi connectivity index (χ4v) is 2.74. The van der Waals surface area contributed by atoms with Crippen molar-refractivity contribution in [3.63, 3.8) is 0 Å². The Kier molecular flexibility index (Phi) is 7.26. The molecule has 0 radical (unpaired) electrons. The second-order valence-corrected chi connectivity index (χ2v) is 5.80. The van der Waals surface area contributed by atoms with E-state index in [1.807, 2.05) is 6.07 Å². The van der Waals surface area contributed by atoms with Crippen LogP contribution < -0.4 is 20.5 Å². The molecule has 2 rings (SSSR count). The first-order valence-electron chi connectivity index (χ1n) is 8.43. The molecular formula is C18H25N5O3. The first-order valence-corrected chi connectivity index (χ1v) is 8.43. The van der Waals surface area contributed by atoms with Gasteiger partial charge < -0.3 is 25.4 Å². The van der Waals surface area contributed by atoms with Crippen LogP contribution in [0.1, 0.15) is 0 Å². The van der Waals surface area contributed by atoms with Gasteiger partial charge in [-0.2, -0.15) is 5.26 Å². The number of nitrogens with zero attached hydrogens (tertiary/aromatic N) is 3. The van der Waals surface area contributed by atoms with Crippen LogP contribution in [0, 0.1) is 11.3 Å². The molecular weight excluding hydrogens is 334 g/mol. The molecule has 0 saturated carbocycles. The Morgan fingerprint density at radius 2 is 2.04 bits per heavy atom. The summed E-state index contributed by atoms with van der Waals surface area (Å²) < 4.78 is 10.5. The van der Waals surface area contributed by atoms with E-state index in [-0.39, 0.29) is 11.5 Å². The second kappa shape index (κ2) is 9.65. The number of carbonyl (C=O) groups is 1. The van der Waals surface area contributed by atoms with Crippen molar-refractivity contribution in [2.75, 3.05) is 58.8 Å². The second-order valence-electron chi connectivity index (χ2n) is 5.80. The maximum atomic E-state index is 12.6. The van der Waals surface area contributed by atoms with Crippen LogP contribution in [0.4, 0.5) is 5.69 Å². The molecule has 1 aliphatic rings. The lowest BCUT2D eigenvalue weighted by atomic mass is 10.2. The number of ether oxygens (including phenoxy) is 2. The van der Waals surface area contributed by atoms with Crippen LogP contribution in [0.3, 0.4) is 0 Å². The summed E-state index contributed by atoms with van der Waals surface area (Å²) in [7, 11) is 3.11. The SMILES string of the molecule is COc1ccc(N/C=C(/C#N)C(=O)N2CCN(CCN)CC2)c(OC)c1. The van der Waals surface area contributed by atoms with E-state index in [9.17, 15) is 10.1 Å². The van der Waals surface area contributed by atoms with Gasteiger partial charge >= 0.3 is 0 Å². The van der Waals surface area contributed by atoms with Crippen LogP contribution >= 0.6 is 0 Å². The molecule has 8 nitrogen and oxygen atoms in total. The Balaban J connectivity index is 2.04. The largest absolute Gasteiger partial charge is 0.497 e. The van der Waals surface area contributed by atoms with Gasteiger partial charge in [-0.3, -0.25) is 9.69 Å². The predicted molar refractivity (Wildman–Crippen MR) is 98.9 cm³/mol. The van der Waals surface area contributed by atoms with Gasteiger partial charge in [-0.15, -0.1) is 0 Å². The zero-order chi connectivity index (χ0) is 18.9. The van der Waals surface area contributed by atoms with Gasteiger partial charge in [-0.25, -0.2) is 0 Å². The summed E-state index contributed by atoms with van der Waals surface area (Å²) in [4.78, 5) is 16.5. The van der Waals surface area contributed by atoms with E-state index >= 15 is 0 Å². The minimum atomic E-state index is -0.278. The number of carbonyl (C=O) groups excluding carboxylic acids is 1. The fraction of sp³-hybridized carbons (Fsp3) is 0.444. The molecule has 140 valence electrons. The van der Waals surface area contributed by atoms with E-state index in [4.69, 9.17) is 15.2 Å². The summed E-state index contributed by atoms with van der Waals surface area (Å²) in [5.41, 5.74) is 6.25. The highest BCUT2D eigenvalue weighted by atomic mass is 16.5. The summed E-state index contributed by atoms with van der Waals surface area (Å²) in [6, 6.07) is 7.23. The minimum Gasteiger partial charge on any atom is -0.497 e. The van der Waals surface area contributed by atoms with Crippen molar-refractivity contribution in [3.8, 4) is 17.6 Å². The van der Waals surface area contributed by atoms with E-state index in [2.05, 4.69) is 10.2 Å². The normalized spacial score (nSPS) is 15.3. The lowest BCUT2D eigenvalue weighted by molar-refractivity contribution is -0.128. The van der Waals surface area contributed by atoms with Crippen LogP contribution in [0.15, 0.2) is 30.0 Å². The van der Waals surface area contributed by atoms with E-state index < -0.39 is 0 Å². The molecule has 0 aromatic heterocycles. The fourth-order valence-electron chi connectivity index (χ4n) is 2.74. The van der Waals surface area contributed by atoms with Gasteiger partial charge in [-0.05, 0) is 12.1 Å². The summed E-state index contributed by atoms with van der Waals surface area (Å²) in [5.74, 6) is 0.934. The number of rotatable bonds is 7. The monoisotopic (exact) mass is 359 g/mol. The molecule has 1 saturated heterocycles. The van der Waals surface area contributed by atoms with Gasteiger partial charge in [0.1, 0.15) is 23.1 Å². The van der Waals surface area contributed by atoms with Crippen molar-refractivity contribution in [2.24, 2.45) is 5.73 Å². The highest BCUT2D eigenvalue weighted by Gasteiger charge is 2.23. The van der Waals surface area contributed by atoms with Crippen molar-refractivity contribution < 1.29 is 14.3 Å². The third-order valence-corrected chi connectivity index (χ3v) is 4.24. The molecule has 1 heterocycles. The maximum Gasteiger partial charge on any atom is 0.266 e. The van der Waals surface area contributed by atoms with Crippen LogP contribution in [-0.2, 0) is 4.79 Å². The quantitative estimate of drug-likeness (QED) is 0.543. The molecule has 1 aliphatic heterocycles. The zero-order valence-corrected chi connectivity index (χ0v) is 15.2. The molecule has 3 N–H and O–H groups in total. The molecule has 1 fully saturated rings. The number of piperazine rings is 1. The molecule has 0 bridgehead atoms. The van der Waals surface area contributed by atoms with Crippen molar-refractivity contribution in [3.05, 3.63) is 30.0 Å². The number of amides is 1. The molecule has 1 amide bonds. The van der Waals surface area contributed by atoms with Crippen molar-refractivity contribution in [2.45, 2.75) is 0 Å². The van der Waals surface area contributed by atoms with Gasteiger partial charge in [0.15, 0.2) is 0 Å². The summed E-state index contributed by atoms with van der Waals surface area (Å²) in [6.45, 7) is 4.13. The number of nitrogens with two attached hydrogens (primary N) is 1. The van der Waals surface area contributed by atoms with Crippen LogP contribution in [-0.4, -0.2) is 69.2 Å². The first kappa shape index (κ1) is 19.6. The van der Waals surface area contributed by atoms with Crippen molar-refractivity contribution in [1.29, 1.82) is 5.26 Å². The molecule has 0 spiro atoms. The molecule has 0 unspecified atom stereocenters. The van der Waals surface area contributed by atoms with Gasteiger partial charge in [0.05, 0.1) is 19.9 Å². The Hall–Kier alpha value is -2.76. The summed E-state index contributed by atoms with van der Waals surface area (Å²) in [5, 5.41) is 12.3. The molecule has 1 aromatic carbocycles. The molecule has 0 aliphatic carbocycles. The Bertz CT molecular complexity index is 691. The lowest BCUT2D eigenvalue weighted by Crippen LogP contribution is -2.50. The third-order valence-electron chi connectivity index (χ3n) is 4.24. The number of benzene rings is 1. The maximum absolute atomic E-state index is 12.6. The van der Waals surface area contributed by atoms with Crippen LogP contribution in [0.25, 0.3) is 0 Å².